The zero-order chi connectivity index (χ0) is 52.1. The van der Waals surface area contributed by atoms with Crippen molar-refractivity contribution in [2.75, 3.05) is 13.7 Å². The molecule has 0 bridgehead atoms. The molecule has 5 aromatic rings. The maximum Gasteiger partial charge on any atom is 0.192 e. The molecule has 5 aromatic carbocycles. The average molecular weight is 1030 g/mol. The largest absolute Gasteiger partial charge is 0.411 e. The van der Waals surface area contributed by atoms with Gasteiger partial charge in [0, 0.05) is 19.7 Å². The molecule has 1 aliphatic heterocycles. The molecular weight excluding hydrogens is 947 g/mol. The minimum atomic E-state index is -2.41. The quantitative estimate of drug-likeness (QED) is 0.0503. The van der Waals surface area contributed by atoms with Crippen molar-refractivity contribution in [3.8, 4) is 0 Å². The van der Waals surface area contributed by atoms with E-state index in [4.69, 9.17) is 42.0 Å². The highest BCUT2D eigenvalue weighted by molar-refractivity contribution is 6.74. The molecule has 1 aliphatic carbocycles. The maximum absolute atomic E-state index is 7.62. The summed E-state index contributed by atoms with van der Waals surface area (Å²) in [5, 5.41) is 3.94. The molecule has 2 aliphatic rings. The Labute approximate surface area is 440 Å². The fourth-order valence-corrected chi connectivity index (χ4v) is 11.9. The minimum absolute atomic E-state index is 0.0635. The lowest BCUT2D eigenvalue weighted by Crippen LogP contribution is -2.63. The van der Waals surface area contributed by atoms with Gasteiger partial charge in [0.25, 0.3) is 0 Å². The van der Waals surface area contributed by atoms with Gasteiger partial charge in [-0.25, -0.2) is 0 Å². The van der Waals surface area contributed by atoms with Gasteiger partial charge in [-0.05, 0) is 76.9 Å². The molecule has 0 unspecified atom stereocenters. The van der Waals surface area contributed by atoms with Crippen LogP contribution in [0.4, 0.5) is 0 Å². The summed E-state index contributed by atoms with van der Waals surface area (Å²) in [6.45, 7) is 25.4. The third-order valence-electron chi connectivity index (χ3n) is 15.5. The molecule has 0 aromatic heterocycles. The van der Waals surface area contributed by atoms with E-state index < -0.39 is 59.5 Å². The van der Waals surface area contributed by atoms with E-state index in [9.17, 15) is 0 Å². The topological polar surface area (TPSA) is 95.1 Å². The van der Waals surface area contributed by atoms with Crippen LogP contribution < -0.4 is 5.32 Å². The van der Waals surface area contributed by atoms with Crippen molar-refractivity contribution in [1.82, 2.24) is 5.32 Å². The zero-order valence-electron chi connectivity index (χ0n) is 45.5. The number of methoxy groups -OCH3 is 1. The van der Waals surface area contributed by atoms with E-state index in [1.165, 1.54) is 0 Å². The lowest BCUT2D eigenvalue weighted by atomic mass is 9.96. The SMILES string of the molecule is CO[C@H]1O[C@H](CNC2C[C@H](O[Si](C)(C)C(C)(C)C)[C@@H](OCc3ccccc3)[C@H](OCc3ccccc3)[C@@H](O[Si](C)(C)C(C)(C)C)C2)[C@@H](OCc2ccccc2)[C@H](OCc2ccccc2)[C@H]1OCc1ccccc1. The Balaban J connectivity index is 1.27. The summed E-state index contributed by atoms with van der Waals surface area (Å²) in [5.74, 6) is 0. The van der Waals surface area contributed by atoms with E-state index in [1.54, 1.807) is 7.11 Å². The summed E-state index contributed by atoms with van der Waals surface area (Å²) in [6.07, 6.45) is -3.27. The van der Waals surface area contributed by atoms with E-state index in [0.717, 1.165) is 27.8 Å². The smallest absolute Gasteiger partial charge is 0.192 e. The molecule has 0 radical (unpaired) electrons. The Kier molecular flexibility index (Phi) is 20.5. The van der Waals surface area contributed by atoms with Crippen LogP contribution in [0.3, 0.4) is 0 Å². The standard InChI is InChI=1S/C61H85NO9Si2/c1-60(2,3)72(8,9)70-51-37-50(38-52(71-73(10,11)61(4,5)6)55(65-41-46-29-19-13-20-30-46)54(51)64-40-45-27-17-12-18-28-45)62-39-53-56(66-42-47-31-21-14-22-32-47)57(67-43-48-33-23-15-24-34-48)58(59(63-7)69-53)68-44-49-35-25-16-26-36-49/h12-36,50-59,62H,37-44H2,1-11H3/t51-,52-,53+,54+,55+,56+,57-,58+,59-/m0/s1. The highest BCUT2D eigenvalue weighted by atomic mass is 28.4. The van der Waals surface area contributed by atoms with Gasteiger partial charge in [0.2, 0.25) is 0 Å². The second-order valence-electron chi connectivity index (χ2n) is 23.0. The Morgan fingerprint density at radius 2 is 0.740 bits per heavy atom. The van der Waals surface area contributed by atoms with Gasteiger partial charge >= 0.3 is 0 Å². The molecule has 9 atom stereocenters. The Bertz CT molecular complexity index is 2250. The first kappa shape index (κ1) is 56.9. The molecule has 1 heterocycles. The van der Waals surface area contributed by atoms with E-state index in [-0.39, 0.29) is 28.3 Å². The lowest BCUT2D eigenvalue weighted by Gasteiger charge is -2.46. The number of rotatable bonds is 23. The molecule has 0 spiro atoms. The molecule has 1 N–H and O–H groups in total. The average Bonchev–Trinajstić information content (AvgIpc) is 3.50. The lowest BCUT2D eigenvalue weighted by molar-refractivity contribution is -0.316. The third-order valence-corrected chi connectivity index (χ3v) is 24.5. The van der Waals surface area contributed by atoms with Crippen LogP contribution in [0.5, 0.6) is 0 Å². The molecule has 396 valence electrons. The monoisotopic (exact) mass is 1030 g/mol. The van der Waals surface area contributed by atoms with Crippen molar-refractivity contribution >= 4 is 16.6 Å². The molecule has 1 saturated heterocycles. The normalized spacial score (nSPS) is 24.6. The molecule has 2 fully saturated rings. The van der Waals surface area contributed by atoms with Crippen LogP contribution in [-0.4, -0.2) is 91.5 Å². The first-order valence-corrected chi connectivity index (χ1v) is 32.3. The minimum Gasteiger partial charge on any atom is -0.411 e. The van der Waals surface area contributed by atoms with E-state index >= 15 is 0 Å². The number of benzene rings is 5. The van der Waals surface area contributed by atoms with Crippen LogP contribution in [0.25, 0.3) is 0 Å². The van der Waals surface area contributed by atoms with Crippen molar-refractivity contribution < 1.29 is 42.0 Å². The van der Waals surface area contributed by atoms with Crippen LogP contribution in [0.1, 0.15) is 82.2 Å². The third kappa shape index (κ3) is 16.1. The predicted octanol–water partition coefficient (Wildman–Crippen LogP) is 12.8. The molecule has 7 rings (SSSR count). The second kappa shape index (κ2) is 26.3. The van der Waals surface area contributed by atoms with Crippen molar-refractivity contribution in [2.24, 2.45) is 0 Å². The van der Waals surface area contributed by atoms with Gasteiger partial charge in [-0.1, -0.05) is 193 Å². The van der Waals surface area contributed by atoms with Crippen molar-refractivity contribution in [3.63, 3.8) is 0 Å². The van der Waals surface area contributed by atoms with Crippen molar-refractivity contribution in [1.29, 1.82) is 0 Å². The summed E-state index contributed by atoms with van der Waals surface area (Å²) in [4.78, 5) is 0. The molecule has 1 saturated carbocycles. The second-order valence-corrected chi connectivity index (χ2v) is 32.5. The van der Waals surface area contributed by atoms with Gasteiger partial charge in [0.15, 0.2) is 22.9 Å². The van der Waals surface area contributed by atoms with Gasteiger partial charge in [-0.15, -0.1) is 0 Å². The van der Waals surface area contributed by atoms with Crippen molar-refractivity contribution in [3.05, 3.63) is 179 Å². The predicted molar refractivity (Wildman–Crippen MR) is 296 cm³/mol. The van der Waals surface area contributed by atoms with E-state index in [0.29, 0.717) is 52.4 Å². The first-order valence-electron chi connectivity index (χ1n) is 26.5. The van der Waals surface area contributed by atoms with Crippen LogP contribution in [0.15, 0.2) is 152 Å². The molecule has 10 nitrogen and oxygen atoms in total. The van der Waals surface area contributed by atoms with Crippen LogP contribution in [-0.2, 0) is 75.0 Å². The van der Waals surface area contributed by atoms with Crippen LogP contribution >= 0.6 is 0 Å². The van der Waals surface area contributed by atoms with Crippen molar-refractivity contribution in [2.45, 2.75) is 185 Å². The summed E-state index contributed by atoms with van der Waals surface area (Å²) >= 11 is 0. The summed E-state index contributed by atoms with van der Waals surface area (Å²) in [5.41, 5.74) is 5.33. The zero-order valence-corrected chi connectivity index (χ0v) is 47.5. The van der Waals surface area contributed by atoms with Gasteiger partial charge in [0.05, 0.1) is 45.2 Å². The van der Waals surface area contributed by atoms with E-state index in [2.05, 4.69) is 158 Å². The Morgan fingerprint density at radius 3 is 1.05 bits per heavy atom. The molecule has 12 heteroatoms. The van der Waals surface area contributed by atoms with Gasteiger partial charge in [-0.2, -0.15) is 0 Å². The molecule has 73 heavy (non-hydrogen) atoms. The number of ether oxygens (including phenoxy) is 7. The molecule has 0 amide bonds. The van der Waals surface area contributed by atoms with Crippen LogP contribution in [0, 0.1) is 0 Å². The summed E-state index contributed by atoms with van der Waals surface area (Å²) < 4.78 is 63.9. The maximum atomic E-state index is 7.62. The fraction of sp³-hybridized carbons (Fsp3) is 0.508. The van der Waals surface area contributed by atoms with E-state index in [1.807, 2.05) is 66.7 Å². The van der Waals surface area contributed by atoms with Gasteiger partial charge in [0.1, 0.15) is 36.6 Å². The highest BCUT2D eigenvalue weighted by Gasteiger charge is 2.52. The Morgan fingerprint density at radius 1 is 0.438 bits per heavy atom. The fourth-order valence-electron chi connectivity index (χ4n) is 9.18. The Hall–Kier alpha value is -3.87. The molecular formula is C61H85NO9Si2. The number of hydrogen-bond donors (Lipinski definition) is 1. The van der Waals surface area contributed by atoms with Crippen LogP contribution in [0.2, 0.25) is 36.3 Å². The first-order chi connectivity index (χ1) is 34.9. The number of hydrogen-bond acceptors (Lipinski definition) is 10. The summed E-state index contributed by atoms with van der Waals surface area (Å²) in [7, 11) is -3.14. The van der Waals surface area contributed by atoms with Gasteiger partial charge in [-0.3, -0.25) is 0 Å². The van der Waals surface area contributed by atoms with Gasteiger partial charge < -0.3 is 47.3 Å². The summed E-state index contributed by atoms with van der Waals surface area (Å²) in [6, 6.07) is 51.4. The highest BCUT2D eigenvalue weighted by Crippen LogP contribution is 2.43. The number of nitrogens with one attached hydrogen (secondary N) is 1.